The highest BCUT2D eigenvalue weighted by Gasteiger charge is 2.30. The summed E-state index contributed by atoms with van der Waals surface area (Å²) < 4.78 is 39.0. The van der Waals surface area contributed by atoms with E-state index in [0.717, 1.165) is 12.7 Å². The number of piperazine rings is 1. The molecule has 0 radical (unpaired) electrons. The van der Waals surface area contributed by atoms with Crippen molar-refractivity contribution in [3.8, 4) is 0 Å². The zero-order chi connectivity index (χ0) is 25.3. The van der Waals surface area contributed by atoms with Gasteiger partial charge in [-0.2, -0.15) is 0 Å². The summed E-state index contributed by atoms with van der Waals surface area (Å²) >= 11 is 0. The van der Waals surface area contributed by atoms with Crippen LogP contribution in [0.15, 0.2) is 41.3 Å². The van der Waals surface area contributed by atoms with Gasteiger partial charge in [-0.15, -0.1) is 0 Å². The number of hydrogen-bond acceptors (Lipinski definition) is 7. The zero-order valence-corrected chi connectivity index (χ0v) is 20.7. The van der Waals surface area contributed by atoms with E-state index < -0.39 is 15.7 Å². The SMILES string of the molecule is CC(=O)c1ccc(N2CCN(C(=O)c3cc(S(C)(=O)=O)ccc3N3CCC(CO)C3)CC2)c(F)c1. The van der Waals surface area contributed by atoms with E-state index in [0.29, 0.717) is 61.8 Å². The average molecular weight is 504 g/mol. The molecular formula is C25H30FN3O5S. The molecule has 2 aromatic carbocycles. The Morgan fingerprint density at radius 2 is 1.69 bits per heavy atom. The predicted molar refractivity (Wildman–Crippen MR) is 131 cm³/mol. The van der Waals surface area contributed by atoms with Crippen molar-refractivity contribution in [1.82, 2.24) is 4.90 Å². The molecule has 1 atom stereocenters. The maximum Gasteiger partial charge on any atom is 0.256 e. The lowest BCUT2D eigenvalue weighted by molar-refractivity contribution is 0.0746. The first-order valence-corrected chi connectivity index (χ1v) is 13.5. The molecule has 8 nitrogen and oxygen atoms in total. The summed E-state index contributed by atoms with van der Waals surface area (Å²) in [6, 6.07) is 9.03. The summed E-state index contributed by atoms with van der Waals surface area (Å²) in [7, 11) is -3.51. The number of anilines is 2. The highest BCUT2D eigenvalue weighted by Crippen LogP contribution is 2.31. The Bertz CT molecular complexity index is 1240. The smallest absolute Gasteiger partial charge is 0.256 e. The Kier molecular flexibility index (Phi) is 7.14. The Hall–Kier alpha value is -2.98. The van der Waals surface area contributed by atoms with Crippen molar-refractivity contribution in [2.45, 2.75) is 18.2 Å². The number of amides is 1. The molecular weight excluding hydrogens is 473 g/mol. The minimum Gasteiger partial charge on any atom is -0.396 e. The van der Waals surface area contributed by atoms with Gasteiger partial charge in [0.05, 0.1) is 16.1 Å². The molecule has 0 aliphatic carbocycles. The van der Waals surface area contributed by atoms with Gasteiger partial charge in [0.25, 0.3) is 5.91 Å². The van der Waals surface area contributed by atoms with Crippen LogP contribution in [0.1, 0.15) is 34.1 Å². The molecule has 2 fully saturated rings. The zero-order valence-electron chi connectivity index (χ0n) is 19.9. The number of carbonyl (C=O) groups excluding carboxylic acids is 2. The van der Waals surface area contributed by atoms with Crippen LogP contribution in [0.4, 0.5) is 15.8 Å². The minimum absolute atomic E-state index is 0.0626. The summed E-state index contributed by atoms with van der Waals surface area (Å²) in [6.45, 7) is 4.21. The quantitative estimate of drug-likeness (QED) is 0.604. The molecule has 10 heteroatoms. The molecule has 1 amide bonds. The van der Waals surface area contributed by atoms with E-state index in [1.165, 1.54) is 25.1 Å². The van der Waals surface area contributed by atoms with Gasteiger partial charge in [0, 0.05) is 69.3 Å². The van der Waals surface area contributed by atoms with Gasteiger partial charge in [0.2, 0.25) is 0 Å². The third-order valence-electron chi connectivity index (χ3n) is 6.77. The van der Waals surface area contributed by atoms with Crippen molar-refractivity contribution in [1.29, 1.82) is 0 Å². The largest absolute Gasteiger partial charge is 0.396 e. The average Bonchev–Trinajstić information content (AvgIpc) is 3.32. The van der Waals surface area contributed by atoms with Gasteiger partial charge in [-0.25, -0.2) is 12.8 Å². The van der Waals surface area contributed by atoms with E-state index in [9.17, 15) is 27.5 Å². The van der Waals surface area contributed by atoms with Crippen molar-refractivity contribution in [3.05, 3.63) is 53.3 Å². The number of benzene rings is 2. The van der Waals surface area contributed by atoms with E-state index in [1.807, 2.05) is 9.80 Å². The number of aliphatic hydroxyl groups is 1. The molecule has 0 spiro atoms. The Labute approximate surface area is 204 Å². The predicted octanol–water partition coefficient (Wildman–Crippen LogP) is 2.21. The maximum absolute atomic E-state index is 14.6. The lowest BCUT2D eigenvalue weighted by Crippen LogP contribution is -2.49. The molecule has 35 heavy (non-hydrogen) atoms. The van der Waals surface area contributed by atoms with Crippen molar-refractivity contribution in [2.75, 3.05) is 61.9 Å². The first-order valence-electron chi connectivity index (χ1n) is 11.6. The number of sulfone groups is 1. The summed E-state index contributed by atoms with van der Waals surface area (Å²) in [5.74, 6) is -0.847. The van der Waals surface area contributed by atoms with Gasteiger partial charge in [-0.1, -0.05) is 0 Å². The lowest BCUT2D eigenvalue weighted by atomic mass is 10.1. The molecule has 0 bridgehead atoms. The van der Waals surface area contributed by atoms with Crippen LogP contribution >= 0.6 is 0 Å². The number of aliphatic hydroxyl groups excluding tert-OH is 1. The number of ketones is 1. The number of rotatable bonds is 6. The third kappa shape index (κ3) is 5.33. The molecule has 2 heterocycles. The summed E-state index contributed by atoms with van der Waals surface area (Å²) in [5.41, 5.74) is 1.67. The van der Waals surface area contributed by atoms with Crippen LogP contribution in [0.3, 0.4) is 0 Å². The Morgan fingerprint density at radius 1 is 1.00 bits per heavy atom. The van der Waals surface area contributed by atoms with E-state index in [4.69, 9.17) is 0 Å². The van der Waals surface area contributed by atoms with Gasteiger partial charge in [-0.3, -0.25) is 9.59 Å². The number of carbonyl (C=O) groups is 2. The standard InChI is InChI=1S/C25H30FN3O5S/c1-17(31)19-3-5-24(22(26)13-19)27-9-11-28(12-10-27)25(32)21-14-20(35(2,33)34)4-6-23(21)29-8-7-18(15-29)16-30/h3-6,13-14,18,30H,7-12,15-16H2,1-2H3. The van der Waals surface area contributed by atoms with E-state index in [-0.39, 0.29) is 29.1 Å². The highest BCUT2D eigenvalue weighted by atomic mass is 32.2. The van der Waals surface area contributed by atoms with Crippen LogP contribution < -0.4 is 9.80 Å². The summed E-state index contributed by atoms with van der Waals surface area (Å²) in [5, 5.41) is 9.52. The number of halogens is 1. The van der Waals surface area contributed by atoms with E-state index in [2.05, 4.69) is 0 Å². The van der Waals surface area contributed by atoms with E-state index in [1.54, 1.807) is 23.1 Å². The van der Waals surface area contributed by atoms with Crippen molar-refractivity contribution < 1.29 is 27.5 Å². The molecule has 2 aliphatic heterocycles. The second-order valence-electron chi connectivity index (χ2n) is 9.24. The van der Waals surface area contributed by atoms with Crippen LogP contribution in [-0.2, 0) is 9.84 Å². The van der Waals surface area contributed by atoms with Crippen LogP contribution in [0, 0.1) is 11.7 Å². The maximum atomic E-state index is 14.6. The molecule has 0 saturated carbocycles. The highest BCUT2D eigenvalue weighted by molar-refractivity contribution is 7.90. The van der Waals surface area contributed by atoms with Crippen LogP contribution in [0.5, 0.6) is 0 Å². The normalized spacial score (nSPS) is 18.7. The summed E-state index contributed by atoms with van der Waals surface area (Å²) in [6.07, 6.45) is 1.91. The number of nitrogens with zero attached hydrogens (tertiary/aromatic N) is 3. The number of hydrogen-bond donors (Lipinski definition) is 1. The van der Waals surface area contributed by atoms with Gasteiger partial charge >= 0.3 is 0 Å². The van der Waals surface area contributed by atoms with Gasteiger partial charge < -0.3 is 19.8 Å². The Balaban J connectivity index is 1.55. The lowest BCUT2D eigenvalue weighted by Gasteiger charge is -2.37. The molecule has 0 aromatic heterocycles. The molecule has 2 aliphatic rings. The second-order valence-corrected chi connectivity index (χ2v) is 11.3. The van der Waals surface area contributed by atoms with E-state index >= 15 is 0 Å². The van der Waals surface area contributed by atoms with Crippen LogP contribution in [-0.4, -0.2) is 82.2 Å². The third-order valence-corrected chi connectivity index (χ3v) is 7.88. The topological polar surface area (TPSA) is 98.2 Å². The van der Waals surface area contributed by atoms with Gasteiger partial charge in [0.15, 0.2) is 15.6 Å². The van der Waals surface area contributed by atoms with Gasteiger partial charge in [-0.05, 0) is 49.7 Å². The minimum atomic E-state index is -3.51. The fraction of sp³-hybridized carbons (Fsp3) is 0.440. The molecule has 1 unspecified atom stereocenters. The van der Waals surface area contributed by atoms with Crippen molar-refractivity contribution in [2.24, 2.45) is 5.92 Å². The molecule has 188 valence electrons. The first kappa shape index (κ1) is 25.1. The van der Waals surface area contributed by atoms with Crippen molar-refractivity contribution in [3.63, 3.8) is 0 Å². The molecule has 2 aromatic rings. The monoisotopic (exact) mass is 503 g/mol. The first-order chi connectivity index (χ1) is 16.6. The molecule has 1 N–H and O–H groups in total. The fourth-order valence-electron chi connectivity index (χ4n) is 4.70. The van der Waals surface area contributed by atoms with Gasteiger partial charge in [0.1, 0.15) is 5.82 Å². The van der Waals surface area contributed by atoms with Crippen molar-refractivity contribution >= 4 is 32.9 Å². The van der Waals surface area contributed by atoms with Crippen LogP contribution in [0.2, 0.25) is 0 Å². The molecule has 4 rings (SSSR count). The second kappa shape index (κ2) is 9.94. The fourth-order valence-corrected chi connectivity index (χ4v) is 5.34. The number of Topliss-reactive ketones (excluding diaryl/α,β-unsaturated/α-hetero) is 1. The molecule has 2 saturated heterocycles. The van der Waals surface area contributed by atoms with Crippen LogP contribution in [0.25, 0.3) is 0 Å². The summed E-state index contributed by atoms with van der Waals surface area (Å²) in [4.78, 5) is 30.7. The Morgan fingerprint density at radius 3 is 2.26 bits per heavy atom.